The topological polar surface area (TPSA) is 80.1 Å². The zero-order chi connectivity index (χ0) is 19.7. The molecule has 0 spiro atoms. The minimum Gasteiger partial charge on any atom is -0.351 e. The largest absolute Gasteiger partial charge is 0.351 e. The summed E-state index contributed by atoms with van der Waals surface area (Å²) in [4.78, 5) is 26.8. The zero-order valence-corrected chi connectivity index (χ0v) is 16.5. The van der Waals surface area contributed by atoms with Crippen molar-refractivity contribution in [1.82, 2.24) is 25.0 Å². The summed E-state index contributed by atoms with van der Waals surface area (Å²) in [6, 6.07) is 8.22. The van der Waals surface area contributed by atoms with Crippen molar-refractivity contribution in [1.29, 1.82) is 0 Å². The Morgan fingerprint density at radius 3 is 2.61 bits per heavy atom. The van der Waals surface area contributed by atoms with E-state index in [1.54, 1.807) is 0 Å². The van der Waals surface area contributed by atoms with E-state index >= 15 is 0 Å². The van der Waals surface area contributed by atoms with Gasteiger partial charge in [0.25, 0.3) is 5.91 Å². The van der Waals surface area contributed by atoms with Gasteiger partial charge in [-0.05, 0) is 25.3 Å². The van der Waals surface area contributed by atoms with E-state index in [2.05, 4.69) is 46.7 Å². The predicted octanol–water partition coefficient (Wildman–Crippen LogP) is 2.06. The molecule has 4 rings (SSSR count). The number of amides is 2. The summed E-state index contributed by atoms with van der Waals surface area (Å²) in [6.07, 6.45) is 4.17. The maximum atomic E-state index is 13.2. The average Bonchev–Trinajstić information content (AvgIpc) is 3.19. The van der Waals surface area contributed by atoms with Gasteiger partial charge in [0, 0.05) is 38.9 Å². The van der Waals surface area contributed by atoms with Crippen LogP contribution in [0, 0.1) is 6.92 Å². The first kappa shape index (κ1) is 18.7. The molecule has 7 heteroatoms. The molecule has 1 fully saturated rings. The fraction of sp³-hybridized carbons (Fsp3) is 0.524. The van der Waals surface area contributed by atoms with Crippen LogP contribution in [0.5, 0.6) is 0 Å². The van der Waals surface area contributed by atoms with Crippen molar-refractivity contribution in [2.24, 2.45) is 0 Å². The minimum absolute atomic E-state index is 0.0694. The van der Waals surface area contributed by atoms with Crippen LogP contribution in [-0.2, 0) is 17.8 Å². The highest BCUT2D eigenvalue weighted by atomic mass is 16.2. The number of benzene rings is 1. The van der Waals surface area contributed by atoms with Gasteiger partial charge in [-0.3, -0.25) is 9.59 Å². The van der Waals surface area contributed by atoms with Crippen molar-refractivity contribution in [3.63, 3.8) is 0 Å². The van der Waals surface area contributed by atoms with Gasteiger partial charge in [-0.1, -0.05) is 36.2 Å². The molecule has 1 aromatic heterocycles. The number of carbonyl (C=O) groups is 2. The second kappa shape index (κ2) is 7.73. The fourth-order valence-corrected chi connectivity index (χ4v) is 4.31. The van der Waals surface area contributed by atoms with Crippen LogP contribution in [0.1, 0.15) is 59.7 Å². The van der Waals surface area contributed by atoms with Gasteiger partial charge in [0.1, 0.15) is 5.82 Å². The summed E-state index contributed by atoms with van der Waals surface area (Å²) in [5.41, 5.74) is 2.33. The van der Waals surface area contributed by atoms with Crippen molar-refractivity contribution >= 4 is 11.8 Å². The van der Waals surface area contributed by atoms with Crippen molar-refractivity contribution < 1.29 is 9.59 Å². The third-order valence-electron chi connectivity index (χ3n) is 5.80. The Bertz CT molecular complexity index is 873. The summed E-state index contributed by atoms with van der Waals surface area (Å²) in [7, 11) is 0. The van der Waals surface area contributed by atoms with Crippen LogP contribution < -0.4 is 5.32 Å². The molecule has 0 aliphatic carbocycles. The lowest BCUT2D eigenvalue weighted by Crippen LogP contribution is -2.39. The number of nitrogens with one attached hydrogen (secondary N) is 1. The predicted molar refractivity (Wildman–Crippen MR) is 105 cm³/mol. The number of fused-ring (bicyclic) bond motifs is 1. The molecule has 3 heterocycles. The summed E-state index contributed by atoms with van der Waals surface area (Å²) in [6.45, 7) is 5.42. The summed E-state index contributed by atoms with van der Waals surface area (Å²) in [5.74, 6) is 1.25. The Morgan fingerprint density at radius 2 is 1.86 bits per heavy atom. The number of aryl methyl sites for hydroxylation is 2. The highest BCUT2D eigenvalue weighted by Gasteiger charge is 2.38. The molecule has 1 saturated heterocycles. The van der Waals surface area contributed by atoms with E-state index < -0.39 is 0 Å². The molecular weight excluding hydrogens is 354 g/mol. The van der Waals surface area contributed by atoms with Gasteiger partial charge in [0.2, 0.25) is 11.7 Å². The standard InChI is InChI=1S/C21H27N5O2/c1-14-7-9-16(10-8-14)17-12-25(13-18(17)22-15(2)27)21(28)20-24-23-19-6-4-3-5-11-26(19)20/h7-10,17-18H,3-6,11-13H2,1-2H3,(H,22,27)/t17-,18+/m0/s1. The van der Waals surface area contributed by atoms with Crippen molar-refractivity contribution in [2.75, 3.05) is 13.1 Å². The molecule has 28 heavy (non-hydrogen) atoms. The van der Waals surface area contributed by atoms with Crippen LogP contribution in [0.2, 0.25) is 0 Å². The minimum atomic E-state index is -0.101. The lowest BCUT2D eigenvalue weighted by atomic mass is 9.93. The second-order valence-electron chi connectivity index (χ2n) is 7.94. The molecule has 1 aromatic carbocycles. The van der Waals surface area contributed by atoms with E-state index in [1.165, 1.54) is 12.5 Å². The molecule has 0 bridgehead atoms. The van der Waals surface area contributed by atoms with Crippen LogP contribution in [-0.4, -0.2) is 50.6 Å². The maximum Gasteiger partial charge on any atom is 0.291 e. The Labute approximate surface area is 165 Å². The second-order valence-corrected chi connectivity index (χ2v) is 7.94. The normalized spacial score (nSPS) is 21.9. The number of carbonyl (C=O) groups excluding carboxylic acids is 2. The number of rotatable bonds is 3. The van der Waals surface area contributed by atoms with Crippen LogP contribution in [0.25, 0.3) is 0 Å². The maximum absolute atomic E-state index is 13.2. The third-order valence-corrected chi connectivity index (χ3v) is 5.80. The summed E-state index contributed by atoms with van der Waals surface area (Å²) < 4.78 is 1.99. The number of hydrogen-bond acceptors (Lipinski definition) is 4. The van der Waals surface area contributed by atoms with Gasteiger partial charge in [-0.2, -0.15) is 0 Å². The smallest absolute Gasteiger partial charge is 0.291 e. The van der Waals surface area contributed by atoms with E-state index in [9.17, 15) is 9.59 Å². The molecule has 2 amide bonds. The van der Waals surface area contributed by atoms with Gasteiger partial charge < -0.3 is 14.8 Å². The van der Waals surface area contributed by atoms with E-state index in [4.69, 9.17) is 0 Å². The van der Waals surface area contributed by atoms with Gasteiger partial charge in [-0.25, -0.2) is 0 Å². The molecule has 2 atom stereocenters. The monoisotopic (exact) mass is 381 g/mol. The van der Waals surface area contributed by atoms with E-state index in [-0.39, 0.29) is 23.8 Å². The molecule has 0 unspecified atom stereocenters. The summed E-state index contributed by atoms with van der Waals surface area (Å²) in [5, 5.41) is 11.5. The number of nitrogens with zero attached hydrogens (tertiary/aromatic N) is 4. The lowest BCUT2D eigenvalue weighted by Gasteiger charge is -2.19. The first-order chi connectivity index (χ1) is 13.5. The van der Waals surface area contributed by atoms with Gasteiger partial charge >= 0.3 is 0 Å². The van der Waals surface area contributed by atoms with Gasteiger partial charge in [-0.15, -0.1) is 10.2 Å². The fourth-order valence-electron chi connectivity index (χ4n) is 4.31. The number of likely N-dealkylation sites (tertiary alicyclic amines) is 1. The lowest BCUT2D eigenvalue weighted by molar-refractivity contribution is -0.119. The van der Waals surface area contributed by atoms with Crippen LogP contribution in [0.15, 0.2) is 24.3 Å². The molecule has 148 valence electrons. The molecule has 1 N–H and O–H groups in total. The highest BCUT2D eigenvalue weighted by molar-refractivity contribution is 5.91. The molecule has 2 aromatic rings. The van der Waals surface area contributed by atoms with E-state index in [0.29, 0.717) is 18.9 Å². The molecule has 0 saturated carbocycles. The van der Waals surface area contributed by atoms with E-state index in [1.807, 2.05) is 9.47 Å². The van der Waals surface area contributed by atoms with Gasteiger partial charge in [0.05, 0.1) is 6.04 Å². The molecule has 7 nitrogen and oxygen atoms in total. The van der Waals surface area contributed by atoms with Crippen molar-refractivity contribution in [3.05, 3.63) is 47.0 Å². The molecular formula is C21H27N5O2. The van der Waals surface area contributed by atoms with Gasteiger partial charge in [0.15, 0.2) is 0 Å². The number of aromatic nitrogens is 3. The Hall–Kier alpha value is -2.70. The van der Waals surface area contributed by atoms with Crippen molar-refractivity contribution in [2.45, 2.75) is 58.0 Å². The quantitative estimate of drug-likeness (QED) is 0.883. The van der Waals surface area contributed by atoms with Crippen LogP contribution in [0.4, 0.5) is 0 Å². The average molecular weight is 381 g/mol. The molecule has 2 aliphatic heterocycles. The number of hydrogen-bond donors (Lipinski definition) is 1. The third kappa shape index (κ3) is 3.66. The molecule has 0 radical (unpaired) electrons. The highest BCUT2D eigenvalue weighted by Crippen LogP contribution is 2.29. The zero-order valence-electron chi connectivity index (χ0n) is 16.5. The summed E-state index contributed by atoms with van der Waals surface area (Å²) >= 11 is 0. The Kier molecular flexibility index (Phi) is 5.15. The molecule has 2 aliphatic rings. The Morgan fingerprint density at radius 1 is 1.07 bits per heavy atom. The van der Waals surface area contributed by atoms with Crippen molar-refractivity contribution in [3.8, 4) is 0 Å². The first-order valence-corrected chi connectivity index (χ1v) is 10.1. The SMILES string of the molecule is CC(=O)N[C@@H]1CN(C(=O)c2nnc3n2CCCCC3)C[C@H]1c1ccc(C)cc1. The van der Waals surface area contributed by atoms with E-state index in [0.717, 1.165) is 43.6 Å². The Balaban J connectivity index is 1.58. The van der Waals surface area contributed by atoms with Crippen LogP contribution in [0.3, 0.4) is 0 Å². The van der Waals surface area contributed by atoms with Crippen LogP contribution >= 0.6 is 0 Å². The first-order valence-electron chi connectivity index (χ1n) is 10.1.